The van der Waals surface area contributed by atoms with Gasteiger partial charge in [0.05, 0.1) is 6.04 Å². The van der Waals surface area contributed by atoms with Crippen molar-refractivity contribution in [3.05, 3.63) is 0 Å². The number of aliphatic hydroxyl groups excluding tert-OH is 1. The molecule has 44 heavy (non-hydrogen) atoms. The molecule has 1 amide bonds. The third-order valence-electron chi connectivity index (χ3n) is 9.63. The van der Waals surface area contributed by atoms with Gasteiger partial charge in [-0.25, -0.2) is 0 Å². The molecule has 0 bridgehead atoms. The predicted octanol–water partition coefficient (Wildman–Crippen LogP) is 12.0. The van der Waals surface area contributed by atoms with Gasteiger partial charge in [0.15, 0.2) is 0 Å². The number of carbonyl (C=O) groups excluding carboxylic acids is 1. The largest absolute Gasteiger partial charge is 0.396 e. The fourth-order valence-electron chi connectivity index (χ4n) is 6.53. The fraction of sp³-hybridized carbons (Fsp3) is 0.975. The summed E-state index contributed by atoms with van der Waals surface area (Å²) in [5, 5.41) is 9.27. The standard InChI is InChI=1S/C40H82N2O2/c1-3-5-7-9-11-13-15-17-19-21-23-25-27-29-31-33-36-42(40(44)39(41)35-38-43)37-34-32-30-28-26-24-22-20-18-16-14-12-10-8-6-4-2/h39,43H,3-38,41H2,1-2H3/t39-/m0/s1. The van der Waals surface area contributed by atoms with Gasteiger partial charge in [0.2, 0.25) is 5.91 Å². The van der Waals surface area contributed by atoms with Crippen molar-refractivity contribution in [2.75, 3.05) is 19.7 Å². The van der Waals surface area contributed by atoms with Gasteiger partial charge in [0.1, 0.15) is 0 Å². The second-order valence-corrected chi connectivity index (χ2v) is 14.1. The van der Waals surface area contributed by atoms with Crippen molar-refractivity contribution in [3.63, 3.8) is 0 Å². The van der Waals surface area contributed by atoms with E-state index in [9.17, 15) is 9.90 Å². The van der Waals surface area contributed by atoms with Crippen LogP contribution < -0.4 is 5.73 Å². The first-order valence-corrected chi connectivity index (χ1v) is 20.3. The van der Waals surface area contributed by atoms with Crippen LogP contribution >= 0.6 is 0 Å². The molecule has 264 valence electrons. The molecule has 0 heterocycles. The summed E-state index contributed by atoms with van der Waals surface area (Å²) in [5.41, 5.74) is 6.10. The Kier molecular flexibility index (Phi) is 36.3. The number of unbranched alkanes of at least 4 members (excludes halogenated alkanes) is 30. The molecule has 0 aromatic rings. The maximum absolute atomic E-state index is 12.9. The van der Waals surface area contributed by atoms with Gasteiger partial charge in [-0.15, -0.1) is 0 Å². The van der Waals surface area contributed by atoms with Crippen LogP contribution in [0.25, 0.3) is 0 Å². The lowest BCUT2D eigenvalue weighted by atomic mass is 10.0. The lowest BCUT2D eigenvalue weighted by Crippen LogP contribution is -2.45. The van der Waals surface area contributed by atoms with E-state index in [2.05, 4.69) is 13.8 Å². The number of nitrogens with zero attached hydrogens (tertiary/aromatic N) is 1. The predicted molar refractivity (Wildman–Crippen MR) is 195 cm³/mol. The van der Waals surface area contributed by atoms with Gasteiger partial charge in [0, 0.05) is 19.7 Å². The number of rotatable bonds is 37. The van der Waals surface area contributed by atoms with E-state index in [4.69, 9.17) is 5.73 Å². The lowest BCUT2D eigenvalue weighted by molar-refractivity contribution is -0.133. The number of hydrogen-bond acceptors (Lipinski definition) is 3. The highest BCUT2D eigenvalue weighted by Gasteiger charge is 2.19. The number of carbonyl (C=O) groups is 1. The van der Waals surface area contributed by atoms with Gasteiger partial charge in [0.25, 0.3) is 0 Å². The van der Waals surface area contributed by atoms with Crippen LogP contribution in [0.3, 0.4) is 0 Å². The highest BCUT2D eigenvalue weighted by Crippen LogP contribution is 2.16. The van der Waals surface area contributed by atoms with Gasteiger partial charge in [-0.05, 0) is 19.3 Å². The monoisotopic (exact) mass is 623 g/mol. The van der Waals surface area contributed by atoms with Gasteiger partial charge in [-0.3, -0.25) is 4.79 Å². The van der Waals surface area contributed by atoms with Gasteiger partial charge < -0.3 is 15.7 Å². The number of nitrogens with two attached hydrogens (primary N) is 1. The highest BCUT2D eigenvalue weighted by atomic mass is 16.3. The topological polar surface area (TPSA) is 66.6 Å². The third-order valence-corrected chi connectivity index (χ3v) is 9.63. The van der Waals surface area contributed by atoms with E-state index in [-0.39, 0.29) is 12.5 Å². The maximum Gasteiger partial charge on any atom is 0.239 e. The number of hydrogen-bond donors (Lipinski definition) is 2. The van der Waals surface area contributed by atoms with Crippen molar-refractivity contribution in [2.45, 2.75) is 232 Å². The summed E-state index contributed by atoms with van der Waals surface area (Å²) in [5.74, 6) is 0.0426. The average Bonchev–Trinajstić information content (AvgIpc) is 3.03. The minimum atomic E-state index is -0.554. The zero-order valence-electron chi connectivity index (χ0n) is 30.4. The Bertz CT molecular complexity index is 519. The Morgan fingerprint density at radius 2 is 0.682 bits per heavy atom. The first-order chi connectivity index (χ1) is 21.7. The smallest absolute Gasteiger partial charge is 0.239 e. The maximum atomic E-state index is 12.9. The summed E-state index contributed by atoms with van der Waals surface area (Å²) in [6, 6.07) is -0.554. The quantitative estimate of drug-likeness (QED) is 0.0677. The van der Waals surface area contributed by atoms with Crippen LogP contribution in [-0.4, -0.2) is 41.7 Å². The molecule has 0 radical (unpaired) electrons. The summed E-state index contributed by atoms with van der Waals surface area (Å²) < 4.78 is 0. The van der Waals surface area contributed by atoms with Crippen molar-refractivity contribution in [1.82, 2.24) is 4.90 Å². The van der Waals surface area contributed by atoms with Crippen LogP contribution in [0.5, 0.6) is 0 Å². The Morgan fingerprint density at radius 3 is 0.909 bits per heavy atom. The van der Waals surface area contributed by atoms with Gasteiger partial charge in [-0.2, -0.15) is 0 Å². The van der Waals surface area contributed by atoms with Crippen molar-refractivity contribution in [2.24, 2.45) is 5.73 Å². The van der Waals surface area contributed by atoms with Crippen LogP contribution in [-0.2, 0) is 4.79 Å². The van der Waals surface area contributed by atoms with Crippen molar-refractivity contribution in [1.29, 1.82) is 0 Å². The molecule has 1 atom stereocenters. The van der Waals surface area contributed by atoms with Crippen molar-refractivity contribution >= 4 is 5.91 Å². The minimum absolute atomic E-state index is 0.0150. The zero-order valence-corrected chi connectivity index (χ0v) is 30.4. The minimum Gasteiger partial charge on any atom is -0.396 e. The highest BCUT2D eigenvalue weighted by molar-refractivity contribution is 5.81. The molecular formula is C40H82N2O2. The second-order valence-electron chi connectivity index (χ2n) is 14.1. The SMILES string of the molecule is CCCCCCCCCCCCCCCCCCN(CCCCCCCCCCCCCCCCCC)C(=O)[C@@H](N)CCO. The van der Waals surface area contributed by atoms with Crippen LogP contribution in [0.4, 0.5) is 0 Å². The average molecular weight is 623 g/mol. The van der Waals surface area contributed by atoms with Gasteiger partial charge in [-0.1, -0.05) is 206 Å². The van der Waals surface area contributed by atoms with Crippen molar-refractivity contribution in [3.8, 4) is 0 Å². The zero-order chi connectivity index (χ0) is 32.2. The molecule has 3 N–H and O–H groups in total. The molecule has 4 heteroatoms. The molecule has 0 rings (SSSR count). The molecule has 0 aromatic carbocycles. The molecule has 4 nitrogen and oxygen atoms in total. The fourth-order valence-corrected chi connectivity index (χ4v) is 6.53. The lowest BCUT2D eigenvalue weighted by Gasteiger charge is -2.25. The molecule has 0 aliphatic rings. The van der Waals surface area contributed by atoms with E-state index in [0.717, 1.165) is 25.9 Å². The summed E-state index contributed by atoms with van der Waals surface area (Å²) in [7, 11) is 0. The van der Waals surface area contributed by atoms with Crippen molar-refractivity contribution < 1.29 is 9.90 Å². The van der Waals surface area contributed by atoms with E-state index >= 15 is 0 Å². The van der Waals surface area contributed by atoms with E-state index < -0.39 is 6.04 Å². The Hall–Kier alpha value is -0.610. The van der Waals surface area contributed by atoms with E-state index in [0.29, 0.717) is 6.42 Å². The summed E-state index contributed by atoms with van der Waals surface area (Å²) in [4.78, 5) is 14.9. The van der Waals surface area contributed by atoms with Crippen LogP contribution in [0.15, 0.2) is 0 Å². The van der Waals surface area contributed by atoms with Crippen LogP contribution in [0.2, 0.25) is 0 Å². The number of aliphatic hydroxyl groups is 1. The van der Waals surface area contributed by atoms with E-state index in [1.165, 1.54) is 193 Å². The van der Waals surface area contributed by atoms with Crippen LogP contribution in [0, 0.1) is 0 Å². The normalized spacial score (nSPS) is 12.2. The first-order valence-electron chi connectivity index (χ1n) is 20.3. The summed E-state index contributed by atoms with van der Waals surface area (Å²) >= 11 is 0. The molecule has 0 aliphatic heterocycles. The molecule has 0 saturated heterocycles. The van der Waals surface area contributed by atoms with E-state index in [1.54, 1.807) is 0 Å². The summed E-state index contributed by atoms with van der Waals surface area (Å²) in [6.07, 6.45) is 44.0. The summed E-state index contributed by atoms with van der Waals surface area (Å²) in [6.45, 7) is 6.22. The molecule has 0 saturated carbocycles. The van der Waals surface area contributed by atoms with Crippen LogP contribution in [0.1, 0.15) is 226 Å². The Morgan fingerprint density at radius 1 is 0.455 bits per heavy atom. The Labute approximate surface area is 277 Å². The second kappa shape index (κ2) is 36.9. The third kappa shape index (κ3) is 31.4. The number of amides is 1. The molecule has 0 aliphatic carbocycles. The molecule has 0 unspecified atom stereocenters. The molecule has 0 spiro atoms. The Balaban J connectivity index is 3.77. The van der Waals surface area contributed by atoms with E-state index in [1.807, 2.05) is 4.90 Å². The molecular weight excluding hydrogens is 540 g/mol. The first kappa shape index (κ1) is 43.4. The van der Waals surface area contributed by atoms with Gasteiger partial charge >= 0.3 is 0 Å². The molecule has 0 fully saturated rings. The molecule has 0 aromatic heterocycles.